The summed E-state index contributed by atoms with van der Waals surface area (Å²) < 4.78 is 1.98. The van der Waals surface area contributed by atoms with E-state index in [0.717, 1.165) is 33.2 Å². The van der Waals surface area contributed by atoms with Gasteiger partial charge >= 0.3 is 0 Å². The fourth-order valence-corrected chi connectivity index (χ4v) is 4.82. The van der Waals surface area contributed by atoms with Gasteiger partial charge in [-0.1, -0.05) is 72.4 Å². The number of imidazole rings is 1. The summed E-state index contributed by atoms with van der Waals surface area (Å²) in [6.45, 7) is 0. The van der Waals surface area contributed by atoms with Gasteiger partial charge < -0.3 is 5.32 Å². The average Bonchev–Trinajstić information content (AvgIpc) is 3.38. The van der Waals surface area contributed by atoms with Gasteiger partial charge in [0.1, 0.15) is 0 Å². The number of amides is 1. The highest BCUT2D eigenvalue weighted by atomic mass is 32.2. The minimum atomic E-state index is -0.116. The number of carbonyl (C=O) groups excluding carboxylic acids is 1. The standard InChI is InChI=1S/C22H17N5OS2/c28-20(24-21-26-25-19(14-29-21)16-9-5-2-6-10-16)11-17-13-30-22-23-18(12-27(17)22)15-7-3-1-4-8-15/h1-10,12-13H,11,14H2,(H,24,26,28). The van der Waals surface area contributed by atoms with Gasteiger partial charge in [0.05, 0.1) is 17.8 Å². The normalized spacial score (nSPS) is 13.7. The highest BCUT2D eigenvalue weighted by Gasteiger charge is 2.17. The Labute approximate surface area is 181 Å². The van der Waals surface area contributed by atoms with E-state index in [1.165, 1.54) is 23.1 Å². The number of nitrogens with one attached hydrogen (secondary N) is 1. The van der Waals surface area contributed by atoms with E-state index in [2.05, 4.69) is 20.5 Å². The molecule has 4 aromatic rings. The van der Waals surface area contributed by atoms with E-state index in [9.17, 15) is 4.79 Å². The van der Waals surface area contributed by atoms with Crippen molar-refractivity contribution in [3.63, 3.8) is 0 Å². The highest BCUT2D eigenvalue weighted by Crippen LogP contribution is 2.24. The van der Waals surface area contributed by atoms with E-state index in [1.54, 1.807) is 0 Å². The lowest BCUT2D eigenvalue weighted by Crippen LogP contribution is -2.32. The van der Waals surface area contributed by atoms with Crippen LogP contribution in [0.15, 0.2) is 82.4 Å². The summed E-state index contributed by atoms with van der Waals surface area (Å²) in [5.41, 5.74) is 4.82. The maximum Gasteiger partial charge on any atom is 0.231 e. The predicted octanol–water partition coefficient (Wildman–Crippen LogP) is 4.23. The van der Waals surface area contributed by atoms with Crippen LogP contribution in [0.25, 0.3) is 16.2 Å². The summed E-state index contributed by atoms with van der Waals surface area (Å²) >= 11 is 3.01. The summed E-state index contributed by atoms with van der Waals surface area (Å²) in [5.74, 6) is 0.558. The van der Waals surface area contributed by atoms with Gasteiger partial charge in [-0.2, -0.15) is 5.10 Å². The molecule has 0 bridgehead atoms. The number of thiazole rings is 1. The van der Waals surface area contributed by atoms with Crippen LogP contribution in [0, 0.1) is 0 Å². The molecular weight excluding hydrogens is 414 g/mol. The lowest BCUT2D eigenvalue weighted by molar-refractivity contribution is -0.119. The summed E-state index contributed by atoms with van der Waals surface area (Å²) in [6.07, 6.45) is 2.23. The van der Waals surface area contributed by atoms with Crippen LogP contribution in [0.2, 0.25) is 0 Å². The summed E-state index contributed by atoms with van der Waals surface area (Å²) in [4.78, 5) is 18.1. The van der Waals surface area contributed by atoms with Crippen molar-refractivity contribution >= 4 is 44.8 Å². The number of thioether (sulfide) groups is 1. The number of hydrogen-bond donors (Lipinski definition) is 1. The Morgan fingerprint density at radius 3 is 2.43 bits per heavy atom. The molecule has 0 aliphatic carbocycles. The second kappa shape index (κ2) is 8.25. The third-order valence-corrected chi connectivity index (χ3v) is 6.42. The molecule has 1 N–H and O–H groups in total. The smallest absolute Gasteiger partial charge is 0.231 e. The Morgan fingerprint density at radius 2 is 1.73 bits per heavy atom. The number of benzene rings is 2. The van der Waals surface area contributed by atoms with E-state index >= 15 is 0 Å². The van der Waals surface area contributed by atoms with Crippen LogP contribution in [0.4, 0.5) is 0 Å². The fourth-order valence-electron chi connectivity index (χ4n) is 3.17. The van der Waals surface area contributed by atoms with Crippen LogP contribution >= 0.6 is 23.1 Å². The van der Waals surface area contributed by atoms with E-state index in [1.807, 2.05) is 76.6 Å². The van der Waals surface area contributed by atoms with Crippen molar-refractivity contribution < 1.29 is 4.79 Å². The third-order valence-electron chi connectivity index (χ3n) is 4.66. The number of rotatable bonds is 4. The zero-order valence-electron chi connectivity index (χ0n) is 15.9. The van der Waals surface area contributed by atoms with E-state index in [-0.39, 0.29) is 12.3 Å². The second-order valence-electron chi connectivity index (χ2n) is 6.70. The molecule has 0 fully saturated rings. The molecule has 6 nitrogen and oxygen atoms in total. The molecule has 0 radical (unpaired) electrons. The molecule has 148 valence electrons. The van der Waals surface area contributed by atoms with Gasteiger partial charge in [-0.25, -0.2) is 4.98 Å². The van der Waals surface area contributed by atoms with Gasteiger partial charge in [0.25, 0.3) is 0 Å². The van der Waals surface area contributed by atoms with Crippen LogP contribution in [0.3, 0.4) is 0 Å². The first-order valence-electron chi connectivity index (χ1n) is 9.40. The number of aromatic nitrogens is 2. The first kappa shape index (κ1) is 18.8. The summed E-state index contributed by atoms with van der Waals surface area (Å²) in [6, 6.07) is 20.0. The minimum absolute atomic E-state index is 0.116. The molecule has 2 aromatic heterocycles. The molecule has 0 saturated heterocycles. The first-order valence-corrected chi connectivity index (χ1v) is 11.3. The highest BCUT2D eigenvalue weighted by molar-refractivity contribution is 8.14. The molecule has 3 heterocycles. The van der Waals surface area contributed by atoms with Gasteiger partial charge in [0, 0.05) is 28.6 Å². The van der Waals surface area contributed by atoms with Crippen molar-refractivity contribution in [1.29, 1.82) is 0 Å². The molecule has 0 atom stereocenters. The van der Waals surface area contributed by atoms with Crippen LogP contribution < -0.4 is 5.32 Å². The average molecular weight is 432 g/mol. The van der Waals surface area contributed by atoms with Crippen LogP contribution in [-0.4, -0.2) is 31.9 Å². The molecule has 30 heavy (non-hydrogen) atoms. The molecule has 1 amide bonds. The first-order chi connectivity index (χ1) is 14.8. The lowest BCUT2D eigenvalue weighted by Gasteiger charge is -2.12. The number of fused-ring (bicyclic) bond motifs is 1. The van der Waals surface area contributed by atoms with Crippen molar-refractivity contribution in [1.82, 2.24) is 14.7 Å². The number of amidine groups is 1. The Kier molecular flexibility index (Phi) is 5.17. The Hall–Kier alpha value is -3.23. The molecule has 1 aliphatic rings. The van der Waals surface area contributed by atoms with Gasteiger partial charge in [-0.15, -0.1) is 16.4 Å². The molecular formula is C22H17N5OS2. The van der Waals surface area contributed by atoms with Crippen molar-refractivity contribution in [2.45, 2.75) is 6.42 Å². The summed E-state index contributed by atoms with van der Waals surface area (Å²) in [7, 11) is 0. The van der Waals surface area contributed by atoms with Crippen molar-refractivity contribution in [2.24, 2.45) is 10.2 Å². The maximum atomic E-state index is 12.6. The van der Waals surface area contributed by atoms with Crippen LogP contribution in [0.1, 0.15) is 11.3 Å². The molecule has 0 spiro atoms. The minimum Gasteiger partial charge on any atom is -0.303 e. The Morgan fingerprint density at radius 1 is 1.00 bits per heavy atom. The van der Waals surface area contributed by atoms with Gasteiger partial charge in [-0.3, -0.25) is 9.20 Å². The molecule has 5 rings (SSSR count). The van der Waals surface area contributed by atoms with Gasteiger partial charge in [-0.05, 0) is 5.56 Å². The largest absolute Gasteiger partial charge is 0.303 e. The van der Waals surface area contributed by atoms with Crippen molar-refractivity contribution in [3.8, 4) is 11.3 Å². The lowest BCUT2D eigenvalue weighted by atomic mass is 10.1. The molecule has 1 aliphatic heterocycles. The zero-order chi connectivity index (χ0) is 20.3. The quantitative estimate of drug-likeness (QED) is 0.526. The molecule has 8 heteroatoms. The van der Waals surface area contributed by atoms with E-state index in [4.69, 9.17) is 0 Å². The molecule has 2 aromatic carbocycles. The van der Waals surface area contributed by atoms with Gasteiger partial charge in [0.2, 0.25) is 5.91 Å². The fraction of sp³-hybridized carbons (Fsp3) is 0.0909. The maximum absolute atomic E-state index is 12.6. The summed E-state index contributed by atoms with van der Waals surface area (Å²) in [5, 5.41) is 13.8. The van der Waals surface area contributed by atoms with Crippen LogP contribution in [0.5, 0.6) is 0 Å². The number of nitrogens with zero attached hydrogens (tertiary/aromatic N) is 4. The van der Waals surface area contributed by atoms with Crippen LogP contribution in [-0.2, 0) is 11.2 Å². The van der Waals surface area contributed by atoms with Crippen molar-refractivity contribution in [3.05, 3.63) is 83.5 Å². The number of carbonyl (C=O) groups is 1. The monoisotopic (exact) mass is 431 g/mol. The third kappa shape index (κ3) is 3.92. The Bertz CT molecular complexity index is 1260. The van der Waals surface area contributed by atoms with E-state index < -0.39 is 0 Å². The topological polar surface area (TPSA) is 71.1 Å². The Balaban J connectivity index is 1.28. The van der Waals surface area contributed by atoms with Crippen molar-refractivity contribution in [2.75, 3.05) is 5.75 Å². The SMILES string of the molecule is O=C(Cc1csc2nc(-c3ccccc3)cn12)NC1=NN=C(c2ccccc2)CS1. The van der Waals surface area contributed by atoms with E-state index in [0.29, 0.717) is 10.9 Å². The molecule has 0 saturated carbocycles. The number of hydrogen-bond acceptors (Lipinski definition) is 6. The van der Waals surface area contributed by atoms with Gasteiger partial charge in [0.15, 0.2) is 10.1 Å². The molecule has 0 unspecified atom stereocenters. The second-order valence-corrected chi connectivity index (χ2v) is 8.50. The predicted molar refractivity (Wildman–Crippen MR) is 123 cm³/mol. The zero-order valence-corrected chi connectivity index (χ0v) is 17.5.